The van der Waals surface area contributed by atoms with Crippen LogP contribution in [0.3, 0.4) is 0 Å². The summed E-state index contributed by atoms with van der Waals surface area (Å²) in [6.45, 7) is 3.85. The normalized spacial score (nSPS) is 11.4. The second-order valence-corrected chi connectivity index (χ2v) is 5.87. The van der Waals surface area contributed by atoms with Crippen LogP contribution in [-0.2, 0) is 17.6 Å². The van der Waals surface area contributed by atoms with E-state index in [9.17, 15) is 4.79 Å². The molecule has 2 aromatic rings. The number of aromatic nitrogens is 1. The molecule has 0 aliphatic rings. The van der Waals surface area contributed by atoms with Gasteiger partial charge in [-0.15, -0.1) is 11.3 Å². The van der Waals surface area contributed by atoms with E-state index in [1.807, 2.05) is 37.4 Å². The molecule has 110 valence electrons. The first kappa shape index (κ1) is 15.4. The number of carbonyl (C=O) groups is 1. The van der Waals surface area contributed by atoms with Gasteiger partial charge in [-0.3, -0.25) is 4.79 Å². The van der Waals surface area contributed by atoms with Crippen molar-refractivity contribution in [3.63, 3.8) is 0 Å². The molecule has 0 aliphatic carbocycles. The average Bonchev–Trinajstić information content (AvgIpc) is 2.89. The Hall–Kier alpha value is -2.01. The van der Waals surface area contributed by atoms with Crippen LogP contribution in [0.2, 0.25) is 0 Å². The second-order valence-electron chi connectivity index (χ2n) is 4.93. The standard InChI is InChI=1S/C16H19N3OS/c1-12(8-9-14-6-4-3-5-7-14)18-19-15(20)10-16-17-13(2)11-21-16/h3-7,11H,8-10H2,1-2H3,(H,19,20)/b18-12-. The van der Waals surface area contributed by atoms with E-state index >= 15 is 0 Å². The van der Waals surface area contributed by atoms with Crippen molar-refractivity contribution in [2.45, 2.75) is 33.1 Å². The maximum absolute atomic E-state index is 11.7. The van der Waals surface area contributed by atoms with Crippen LogP contribution in [0.25, 0.3) is 0 Å². The Kier molecular flexibility index (Phi) is 5.63. The number of aryl methyl sites for hydroxylation is 2. The van der Waals surface area contributed by atoms with Gasteiger partial charge in [0.25, 0.3) is 0 Å². The van der Waals surface area contributed by atoms with E-state index in [1.54, 1.807) is 0 Å². The number of nitrogens with one attached hydrogen (secondary N) is 1. The van der Waals surface area contributed by atoms with Crippen LogP contribution in [-0.4, -0.2) is 16.6 Å². The summed E-state index contributed by atoms with van der Waals surface area (Å²) < 4.78 is 0. The van der Waals surface area contributed by atoms with E-state index in [0.29, 0.717) is 0 Å². The third kappa shape index (κ3) is 5.47. The highest BCUT2D eigenvalue weighted by molar-refractivity contribution is 7.09. The predicted molar refractivity (Wildman–Crippen MR) is 86.6 cm³/mol. The maximum atomic E-state index is 11.7. The van der Waals surface area contributed by atoms with E-state index < -0.39 is 0 Å². The summed E-state index contributed by atoms with van der Waals surface area (Å²) in [5, 5.41) is 6.90. The first-order valence-corrected chi connectivity index (χ1v) is 7.78. The number of hydrogen-bond donors (Lipinski definition) is 1. The van der Waals surface area contributed by atoms with Crippen molar-refractivity contribution in [3.8, 4) is 0 Å². The lowest BCUT2D eigenvalue weighted by molar-refractivity contribution is -0.120. The Morgan fingerprint density at radius 3 is 2.76 bits per heavy atom. The fourth-order valence-corrected chi connectivity index (χ4v) is 2.61. The van der Waals surface area contributed by atoms with Crippen molar-refractivity contribution in [2.75, 3.05) is 0 Å². The number of hydrogen-bond acceptors (Lipinski definition) is 4. The molecule has 0 fully saturated rings. The van der Waals surface area contributed by atoms with Crippen molar-refractivity contribution in [2.24, 2.45) is 5.10 Å². The summed E-state index contributed by atoms with van der Waals surface area (Å²) in [5.41, 5.74) is 5.74. The topological polar surface area (TPSA) is 54.4 Å². The molecule has 4 nitrogen and oxygen atoms in total. The van der Waals surface area contributed by atoms with Gasteiger partial charge in [-0.2, -0.15) is 5.10 Å². The molecule has 0 saturated carbocycles. The highest BCUT2D eigenvalue weighted by Gasteiger charge is 2.06. The summed E-state index contributed by atoms with van der Waals surface area (Å²) in [4.78, 5) is 16.0. The molecular weight excluding hydrogens is 282 g/mol. The number of hydrazone groups is 1. The molecule has 1 amide bonds. The molecule has 1 heterocycles. The molecule has 0 spiro atoms. The fraction of sp³-hybridized carbons (Fsp3) is 0.312. The van der Waals surface area contributed by atoms with E-state index in [-0.39, 0.29) is 12.3 Å². The van der Waals surface area contributed by atoms with Crippen LogP contribution in [0.1, 0.15) is 29.6 Å². The second kappa shape index (κ2) is 7.69. The summed E-state index contributed by atoms with van der Waals surface area (Å²) >= 11 is 1.50. The lowest BCUT2D eigenvalue weighted by Gasteiger charge is -2.02. The van der Waals surface area contributed by atoms with Gasteiger partial charge in [0.2, 0.25) is 5.91 Å². The summed E-state index contributed by atoms with van der Waals surface area (Å²) in [6, 6.07) is 10.2. The Morgan fingerprint density at radius 1 is 1.33 bits per heavy atom. The minimum atomic E-state index is -0.122. The minimum absolute atomic E-state index is 0.122. The van der Waals surface area contributed by atoms with Crippen LogP contribution < -0.4 is 5.43 Å². The number of rotatable bonds is 6. The van der Waals surface area contributed by atoms with Gasteiger partial charge in [0.1, 0.15) is 5.01 Å². The molecule has 1 N–H and O–H groups in total. The van der Waals surface area contributed by atoms with Gasteiger partial charge in [0, 0.05) is 16.8 Å². The van der Waals surface area contributed by atoms with Crippen LogP contribution in [0.15, 0.2) is 40.8 Å². The zero-order valence-electron chi connectivity index (χ0n) is 12.3. The third-order valence-corrected chi connectivity index (χ3v) is 3.93. The Labute approximate surface area is 128 Å². The lowest BCUT2D eigenvalue weighted by Crippen LogP contribution is -2.21. The zero-order chi connectivity index (χ0) is 15.1. The van der Waals surface area contributed by atoms with E-state index in [0.717, 1.165) is 29.3 Å². The zero-order valence-corrected chi connectivity index (χ0v) is 13.1. The van der Waals surface area contributed by atoms with Gasteiger partial charge in [0.15, 0.2) is 0 Å². The number of amides is 1. The van der Waals surface area contributed by atoms with Crippen molar-refractivity contribution >= 4 is 23.0 Å². The molecule has 0 aliphatic heterocycles. The monoisotopic (exact) mass is 301 g/mol. The molecule has 0 unspecified atom stereocenters. The molecule has 1 aromatic heterocycles. The Balaban J connectivity index is 1.76. The van der Waals surface area contributed by atoms with Crippen molar-refractivity contribution in [1.29, 1.82) is 0 Å². The lowest BCUT2D eigenvalue weighted by atomic mass is 10.1. The number of thiazole rings is 1. The largest absolute Gasteiger partial charge is 0.273 e. The maximum Gasteiger partial charge on any atom is 0.246 e. The van der Waals surface area contributed by atoms with E-state index in [4.69, 9.17) is 0 Å². The van der Waals surface area contributed by atoms with Gasteiger partial charge in [-0.1, -0.05) is 30.3 Å². The smallest absolute Gasteiger partial charge is 0.246 e. The summed E-state index contributed by atoms with van der Waals surface area (Å²) in [7, 11) is 0. The summed E-state index contributed by atoms with van der Waals surface area (Å²) in [5.74, 6) is -0.122. The number of nitrogens with zero attached hydrogens (tertiary/aromatic N) is 2. The van der Waals surface area contributed by atoms with Gasteiger partial charge in [-0.05, 0) is 32.3 Å². The molecule has 1 aromatic carbocycles. The van der Waals surface area contributed by atoms with Crippen molar-refractivity contribution in [3.05, 3.63) is 52.0 Å². The van der Waals surface area contributed by atoms with Gasteiger partial charge in [-0.25, -0.2) is 10.4 Å². The third-order valence-electron chi connectivity index (χ3n) is 2.97. The highest BCUT2D eigenvalue weighted by atomic mass is 32.1. The summed E-state index contributed by atoms with van der Waals surface area (Å²) in [6.07, 6.45) is 2.05. The van der Waals surface area contributed by atoms with Crippen molar-refractivity contribution < 1.29 is 4.79 Å². The molecule has 5 heteroatoms. The average molecular weight is 301 g/mol. The number of benzene rings is 1. The molecule has 0 saturated heterocycles. The molecule has 0 atom stereocenters. The Morgan fingerprint density at radius 2 is 2.10 bits per heavy atom. The fourth-order valence-electron chi connectivity index (χ4n) is 1.84. The molecule has 21 heavy (non-hydrogen) atoms. The van der Waals surface area contributed by atoms with Gasteiger partial charge < -0.3 is 0 Å². The predicted octanol–water partition coefficient (Wildman–Crippen LogP) is 3.12. The molecule has 0 radical (unpaired) electrons. The van der Waals surface area contributed by atoms with Gasteiger partial charge in [0.05, 0.1) is 6.42 Å². The molecule has 0 bridgehead atoms. The quantitative estimate of drug-likeness (QED) is 0.658. The Bertz CT molecular complexity index is 619. The first-order valence-electron chi connectivity index (χ1n) is 6.90. The van der Waals surface area contributed by atoms with E-state index in [2.05, 4.69) is 27.6 Å². The van der Waals surface area contributed by atoms with Crippen molar-refractivity contribution in [1.82, 2.24) is 10.4 Å². The van der Waals surface area contributed by atoms with Crippen LogP contribution in [0, 0.1) is 6.92 Å². The van der Waals surface area contributed by atoms with Gasteiger partial charge >= 0.3 is 0 Å². The van der Waals surface area contributed by atoms with E-state index in [1.165, 1.54) is 16.9 Å². The minimum Gasteiger partial charge on any atom is -0.273 e. The molecular formula is C16H19N3OS. The van der Waals surface area contributed by atoms with Crippen LogP contribution in [0.4, 0.5) is 0 Å². The first-order chi connectivity index (χ1) is 10.1. The van der Waals surface area contributed by atoms with Crippen LogP contribution in [0.5, 0.6) is 0 Å². The highest BCUT2D eigenvalue weighted by Crippen LogP contribution is 2.09. The SMILES string of the molecule is C/C(CCc1ccccc1)=N/NC(=O)Cc1nc(C)cs1. The molecule has 2 rings (SSSR count). The number of carbonyl (C=O) groups excluding carboxylic acids is 1. The van der Waals surface area contributed by atoms with Crippen LogP contribution >= 0.6 is 11.3 Å².